The number of methoxy groups -OCH3 is 1. The van der Waals surface area contributed by atoms with Gasteiger partial charge in [-0.3, -0.25) is 9.10 Å². The lowest BCUT2D eigenvalue weighted by Crippen LogP contribution is -2.29. The molecule has 0 atom stereocenters. The number of aryl methyl sites for hydroxylation is 1. The number of thiophene rings is 1. The number of benzene rings is 3. The predicted octanol–water partition coefficient (Wildman–Crippen LogP) is 5.21. The number of para-hydroxylation sites is 1. The van der Waals surface area contributed by atoms with Gasteiger partial charge in [0.05, 0.1) is 41.7 Å². The Hall–Kier alpha value is -3.69. The van der Waals surface area contributed by atoms with Crippen LogP contribution in [0, 0.1) is 6.92 Å². The van der Waals surface area contributed by atoms with Crippen LogP contribution in [0.15, 0.2) is 72.8 Å². The molecule has 7 nitrogen and oxygen atoms in total. The molecule has 1 aromatic heterocycles. The van der Waals surface area contributed by atoms with E-state index in [1.807, 2.05) is 37.3 Å². The summed E-state index contributed by atoms with van der Waals surface area (Å²) in [6.45, 7) is 2.18. The number of carbonyl (C=O) groups excluding carboxylic acids is 2. The number of ether oxygens (including phenoxy) is 1. The quantitative estimate of drug-likeness (QED) is 0.346. The van der Waals surface area contributed by atoms with Crippen molar-refractivity contribution in [3.05, 3.63) is 94.4 Å². The minimum Gasteiger partial charge on any atom is -0.465 e. The van der Waals surface area contributed by atoms with Crippen LogP contribution in [-0.4, -0.2) is 33.7 Å². The normalized spacial score (nSPS) is 11.3. The van der Waals surface area contributed by atoms with Crippen LogP contribution in [-0.2, 0) is 21.3 Å². The van der Waals surface area contributed by atoms with Gasteiger partial charge in [0.1, 0.15) is 0 Å². The molecule has 0 unspecified atom stereocenters. The van der Waals surface area contributed by atoms with Crippen LogP contribution >= 0.6 is 11.3 Å². The summed E-state index contributed by atoms with van der Waals surface area (Å²) in [6, 6.07) is 21.3. The summed E-state index contributed by atoms with van der Waals surface area (Å²) in [5.74, 6) is -0.917. The third-order valence-electron chi connectivity index (χ3n) is 5.44. The van der Waals surface area contributed by atoms with E-state index in [-0.39, 0.29) is 18.0 Å². The van der Waals surface area contributed by atoms with Crippen LogP contribution in [0.3, 0.4) is 0 Å². The van der Waals surface area contributed by atoms with Gasteiger partial charge in [-0.25, -0.2) is 13.2 Å². The lowest BCUT2D eigenvalue weighted by atomic mass is 10.1. The third kappa shape index (κ3) is 5.52. The molecule has 4 aromatic rings. The van der Waals surface area contributed by atoms with Gasteiger partial charge in [0, 0.05) is 4.70 Å². The molecule has 0 fully saturated rings. The second-order valence-electron chi connectivity index (χ2n) is 8.08. The molecule has 9 heteroatoms. The first-order chi connectivity index (χ1) is 16.7. The number of hydrogen-bond acceptors (Lipinski definition) is 6. The van der Waals surface area contributed by atoms with Crippen molar-refractivity contribution in [1.82, 2.24) is 0 Å². The standard InChI is InChI=1S/C26H24N2O5S2/c1-17-8-10-18(11-9-17)16-28(35(3,31)32)20-12-13-23-19(14-20)15-24(34-23)25(29)27-22-7-5-4-6-21(22)26(30)33-2/h4-15H,16H2,1-3H3,(H,27,29). The average Bonchev–Trinajstić information content (AvgIpc) is 3.26. The Bertz CT molecular complexity index is 1510. The Morgan fingerprint density at radius 1 is 1.00 bits per heavy atom. The number of nitrogens with one attached hydrogen (secondary N) is 1. The first-order valence-corrected chi connectivity index (χ1v) is 13.4. The van der Waals surface area contributed by atoms with Gasteiger partial charge >= 0.3 is 5.97 Å². The first-order valence-electron chi connectivity index (χ1n) is 10.7. The van der Waals surface area contributed by atoms with Crippen LogP contribution in [0.1, 0.15) is 31.2 Å². The summed E-state index contributed by atoms with van der Waals surface area (Å²) >= 11 is 1.28. The van der Waals surface area contributed by atoms with E-state index in [1.165, 1.54) is 29.0 Å². The van der Waals surface area contributed by atoms with Crippen LogP contribution < -0.4 is 9.62 Å². The lowest BCUT2D eigenvalue weighted by Gasteiger charge is -2.22. The molecule has 0 saturated carbocycles. The first kappa shape index (κ1) is 24.4. The monoisotopic (exact) mass is 508 g/mol. The minimum absolute atomic E-state index is 0.201. The molecule has 0 aliphatic heterocycles. The van der Waals surface area contributed by atoms with Crippen molar-refractivity contribution in [3.8, 4) is 0 Å². The molecule has 1 heterocycles. The fraction of sp³-hybridized carbons (Fsp3) is 0.154. The Morgan fingerprint density at radius 3 is 2.40 bits per heavy atom. The number of amides is 1. The van der Waals surface area contributed by atoms with Crippen LogP contribution in [0.25, 0.3) is 10.1 Å². The van der Waals surface area contributed by atoms with Crippen molar-refractivity contribution in [2.24, 2.45) is 0 Å². The van der Waals surface area contributed by atoms with Gasteiger partial charge in [0.2, 0.25) is 10.0 Å². The fourth-order valence-electron chi connectivity index (χ4n) is 3.62. The summed E-state index contributed by atoms with van der Waals surface area (Å²) < 4.78 is 32.2. The Morgan fingerprint density at radius 2 is 1.71 bits per heavy atom. The topological polar surface area (TPSA) is 92.8 Å². The molecule has 0 aliphatic rings. The van der Waals surface area contributed by atoms with Crippen LogP contribution in [0.2, 0.25) is 0 Å². The van der Waals surface area contributed by atoms with Crippen molar-refractivity contribution in [2.45, 2.75) is 13.5 Å². The average molecular weight is 509 g/mol. The molecule has 180 valence electrons. The van der Waals surface area contributed by atoms with Gasteiger partial charge in [-0.05, 0) is 54.3 Å². The summed E-state index contributed by atoms with van der Waals surface area (Å²) in [4.78, 5) is 25.4. The van der Waals surface area contributed by atoms with E-state index in [9.17, 15) is 18.0 Å². The van der Waals surface area contributed by atoms with Crippen molar-refractivity contribution < 1.29 is 22.7 Å². The molecule has 1 amide bonds. The number of sulfonamides is 1. The van der Waals surface area contributed by atoms with E-state index >= 15 is 0 Å². The number of esters is 1. The second-order valence-corrected chi connectivity index (χ2v) is 11.1. The Kier molecular flexibility index (Phi) is 6.90. The highest BCUT2D eigenvalue weighted by Crippen LogP contribution is 2.32. The number of nitrogens with zero attached hydrogens (tertiary/aromatic N) is 1. The highest BCUT2D eigenvalue weighted by molar-refractivity contribution is 7.92. The maximum Gasteiger partial charge on any atom is 0.339 e. The molecule has 1 N–H and O–H groups in total. The molecular weight excluding hydrogens is 484 g/mol. The molecule has 0 radical (unpaired) electrons. The molecule has 0 bridgehead atoms. The van der Waals surface area contributed by atoms with Crippen molar-refractivity contribution in [3.63, 3.8) is 0 Å². The van der Waals surface area contributed by atoms with Gasteiger partial charge in [0.25, 0.3) is 5.91 Å². The van der Waals surface area contributed by atoms with Gasteiger partial charge in [-0.2, -0.15) is 0 Å². The van der Waals surface area contributed by atoms with E-state index < -0.39 is 16.0 Å². The zero-order valence-corrected chi connectivity index (χ0v) is 21.1. The Labute approximate surface area is 208 Å². The number of carbonyl (C=O) groups is 2. The highest BCUT2D eigenvalue weighted by Gasteiger charge is 2.20. The molecular formula is C26H24N2O5S2. The minimum atomic E-state index is -3.55. The predicted molar refractivity (Wildman–Crippen MR) is 140 cm³/mol. The van der Waals surface area contributed by atoms with Crippen molar-refractivity contribution >= 4 is 54.7 Å². The van der Waals surface area contributed by atoms with Crippen LogP contribution in [0.4, 0.5) is 11.4 Å². The number of rotatable bonds is 7. The van der Waals surface area contributed by atoms with Crippen molar-refractivity contribution in [1.29, 1.82) is 0 Å². The van der Waals surface area contributed by atoms with Gasteiger partial charge < -0.3 is 10.1 Å². The number of fused-ring (bicyclic) bond motifs is 1. The zero-order valence-electron chi connectivity index (χ0n) is 19.4. The van der Waals surface area contributed by atoms with E-state index in [4.69, 9.17) is 4.74 Å². The van der Waals surface area contributed by atoms with E-state index in [0.29, 0.717) is 16.3 Å². The zero-order chi connectivity index (χ0) is 25.2. The summed E-state index contributed by atoms with van der Waals surface area (Å²) in [5.41, 5.74) is 3.09. The maximum absolute atomic E-state index is 12.9. The van der Waals surface area contributed by atoms with Crippen LogP contribution in [0.5, 0.6) is 0 Å². The lowest BCUT2D eigenvalue weighted by molar-refractivity contribution is 0.0602. The smallest absolute Gasteiger partial charge is 0.339 e. The summed E-state index contributed by atoms with van der Waals surface area (Å²) in [7, 11) is -2.27. The summed E-state index contributed by atoms with van der Waals surface area (Å²) in [5, 5.41) is 3.51. The maximum atomic E-state index is 12.9. The molecule has 0 aliphatic carbocycles. The third-order valence-corrected chi connectivity index (χ3v) is 7.69. The largest absolute Gasteiger partial charge is 0.465 e. The molecule has 4 rings (SSSR count). The van der Waals surface area contributed by atoms with E-state index in [1.54, 1.807) is 42.5 Å². The van der Waals surface area contributed by atoms with E-state index in [2.05, 4.69) is 5.32 Å². The molecule has 0 saturated heterocycles. The summed E-state index contributed by atoms with van der Waals surface area (Å²) in [6.07, 6.45) is 1.18. The second kappa shape index (κ2) is 9.89. The van der Waals surface area contributed by atoms with E-state index in [0.717, 1.165) is 21.2 Å². The molecule has 0 spiro atoms. The number of anilines is 2. The Balaban J connectivity index is 1.63. The highest BCUT2D eigenvalue weighted by atomic mass is 32.2. The fourth-order valence-corrected chi connectivity index (χ4v) is 5.44. The van der Waals surface area contributed by atoms with Crippen molar-refractivity contribution in [2.75, 3.05) is 23.0 Å². The molecule has 3 aromatic carbocycles. The number of hydrogen-bond donors (Lipinski definition) is 1. The molecule has 35 heavy (non-hydrogen) atoms. The van der Waals surface area contributed by atoms with Gasteiger partial charge in [-0.15, -0.1) is 11.3 Å². The SMILES string of the molecule is COC(=O)c1ccccc1NC(=O)c1cc2cc(N(Cc3ccc(C)cc3)S(C)(=O)=O)ccc2s1. The van der Waals surface area contributed by atoms with Gasteiger partial charge in [-0.1, -0.05) is 42.0 Å². The van der Waals surface area contributed by atoms with Gasteiger partial charge in [0.15, 0.2) is 0 Å².